The highest BCUT2D eigenvalue weighted by Crippen LogP contribution is 2.61. The fourth-order valence-corrected chi connectivity index (χ4v) is 14.9. The summed E-state index contributed by atoms with van der Waals surface area (Å²) in [6, 6.07) is 60.5. The maximum atomic E-state index is 2.63. The molecule has 0 heterocycles. The van der Waals surface area contributed by atoms with Gasteiger partial charge in [-0.2, -0.15) is 0 Å². The van der Waals surface area contributed by atoms with Crippen LogP contribution in [-0.4, -0.2) is 0 Å². The Labute approximate surface area is 548 Å². The topological polar surface area (TPSA) is 0 Å². The molecule has 13 rings (SSSR count). The summed E-state index contributed by atoms with van der Waals surface area (Å²) < 4.78 is 0. The Kier molecular flexibility index (Phi) is 13.7. The van der Waals surface area contributed by atoms with Crippen LogP contribution in [0.4, 0.5) is 0 Å². The van der Waals surface area contributed by atoms with Gasteiger partial charge in [-0.15, -0.1) is 0 Å². The third-order valence-electron chi connectivity index (χ3n) is 21.2. The van der Waals surface area contributed by atoms with E-state index in [0.29, 0.717) is 0 Å². The monoisotopic (exact) mass is 1190 g/mol. The van der Waals surface area contributed by atoms with E-state index in [1.165, 1.54) is 177 Å². The average molecular weight is 1200 g/mol. The van der Waals surface area contributed by atoms with E-state index >= 15 is 0 Å². The van der Waals surface area contributed by atoms with Crippen LogP contribution in [-0.2, 0) is 48.7 Å². The highest BCUT2D eigenvalue weighted by atomic mass is 14.4. The second-order valence-corrected chi connectivity index (χ2v) is 37.0. The van der Waals surface area contributed by atoms with Gasteiger partial charge in [0.25, 0.3) is 0 Å². The van der Waals surface area contributed by atoms with Crippen LogP contribution in [0.25, 0.3) is 122 Å². The minimum Gasteiger partial charge on any atom is -0.0561 e. The van der Waals surface area contributed by atoms with Crippen molar-refractivity contribution in [3.8, 4) is 100 Å². The van der Waals surface area contributed by atoms with E-state index in [-0.39, 0.29) is 48.7 Å². The van der Waals surface area contributed by atoms with E-state index < -0.39 is 0 Å². The number of benzene rings is 10. The van der Waals surface area contributed by atoms with Gasteiger partial charge in [-0.05, 0) is 293 Å². The fourth-order valence-electron chi connectivity index (χ4n) is 14.9. The van der Waals surface area contributed by atoms with Gasteiger partial charge >= 0.3 is 0 Å². The summed E-state index contributed by atoms with van der Waals surface area (Å²) in [5.74, 6) is 0. The van der Waals surface area contributed by atoms with Crippen LogP contribution < -0.4 is 0 Å². The predicted octanol–water partition coefficient (Wildman–Crippen LogP) is 26.6. The van der Waals surface area contributed by atoms with Gasteiger partial charge < -0.3 is 0 Å². The molecule has 10 aromatic rings. The lowest BCUT2D eigenvalue weighted by Gasteiger charge is -2.27. The molecular formula is C91H102. The fraction of sp³-hybridized carbons (Fsp3) is 0.385. The molecule has 0 saturated carbocycles. The van der Waals surface area contributed by atoms with Crippen LogP contribution in [0, 0.1) is 0 Å². The summed E-state index contributed by atoms with van der Waals surface area (Å²) >= 11 is 0. The van der Waals surface area contributed by atoms with Crippen molar-refractivity contribution in [2.24, 2.45) is 0 Å². The molecule has 0 radical (unpaired) electrons. The first kappa shape index (κ1) is 62.5. The van der Waals surface area contributed by atoms with E-state index in [1.54, 1.807) is 0 Å². The average Bonchev–Trinajstić information content (AvgIpc) is 1.54. The van der Waals surface area contributed by atoms with Crippen LogP contribution in [0.2, 0.25) is 0 Å². The highest BCUT2D eigenvalue weighted by molar-refractivity contribution is 6.21. The molecule has 0 aromatic heterocycles. The highest BCUT2D eigenvalue weighted by Gasteiger charge is 2.41. The first-order valence-electron chi connectivity index (χ1n) is 34.1. The predicted molar refractivity (Wildman–Crippen MR) is 399 cm³/mol. The molecule has 0 aliphatic heterocycles. The van der Waals surface area contributed by atoms with Gasteiger partial charge in [0.1, 0.15) is 0 Å². The number of hydrogen-bond acceptors (Lipinski definition) is 0. The lowest BCUT2D eigenvalue weighted by Crippen LogP contribution is -2.16. The zero-order valence-electron chi connectivity index (χ0n) is 60.4. The van der Waals surface area contributed by atoms with Gasteiger partial charge in [0.05, 0.1) is 0 Å². The van der Waals surface area contributed by atoms with Gasteiger partial charge in [-0.3, -0.25) is 0 Å². The summed E-state index contributed by atoms with van der Waals surface area (Å²) in [6.45, 7) is 61.6. The maximum absolute atomic E-state index is 2.63. The molecule has 466 valence electrons. The summed E-state index contributed by atoms with van der Waals surface area (Å²) in [6.07, 6.45) is 0. The van der Waals surface area contributed by atoms with Crippen molar-refractivity contribution in [2.45, 2.75) is 229 Å². The smallest absolute Gasteiger partial charge is 0.0159 e. The van der Waals surface area contributed by atoms with Crippen LogP contribution >= 0.6 is 0 Å². The van der Waals surface area contributed by atoms with E-state index in [2.05, 4.69) is 326 Å². The Balaban J connectivity index is 1.07. The zero-order chi connectivity index (χ0) is 65.9. The molecule has 0 heteroatoms. The first-order chi connectivity index (χ1) is 41.8. The van der Waals surface area contributed by atoms with Gasteiger partial charge in [0.15, 0.2) is 0 Å². The summed E-state index contributed by atoms with van der Waals surface area (Å²) in [5, 5.41) is 5.33. The van der Waals surface area contributed by atoms with Crippen molar-refractivity contribution in [3.05, 3.63) is 201 Å². The van der Waals surface area contributed by atoms with Crippen molar-refractivity contribution < 1.29 is 0 Å². The second-order valence-electron chi connectivity index (χ2n) is 37.0. The number of rotatable bonds is 4. The Morgan fingerprint density at radius 1 is 0.176 bits per heavy atom. The van der Waals surface area contributed by atoms with E-state index in [4.69, 9.17) is 0 Å². The van der Waals surface area contributed by atoms with Crippen molar-refractivity contribution >= 4 is 21.5 Å². The Morgan fingerprint density at radius 3 is 0.538 bits per heavy atom. The quantitative estimate of drug-likeness (QED) is 0.165. The lowest BCUT2D eigenvalue weighted by molar-refractivity contribution is 0.568. The molecule has 91 heavy (non-hydrogen) atoms. The normalized spacial score (nSPS) is 14.6. The molecule has 0 nitrogen and oxygen atoms in total. The van der Waals surface area contributed by atoms with Crippen molar-refractivity contribution in [1.82, 2.24) is 0 Å². The number of fused-ring (bicyclic) bond motifs is 9. The van der Waals surface area contributed by atoms with Crippen molar-refractivity contribution in [2.75, 3.05) is 0 Å². The van der Waals surface area contributed by atoms with Crippen LogP contribution in [0.5, 0.6) is 0 Å². The second kappa shape index (κ2) is 19.9. The van der Waals surface area contributed by atoms with Crippen molar-refractivity contribution in [3.63, 3.8) is 0 Å². The summed E-state index contributed by atoms with van der Waals surface area (Å²) in [5.41, 5.74) is 37.1. The number of hydrogen-bond donors (Lipinski definition) is 0. The molecule has 0 saturated heterocycles. The summed E-state index contributed by atoms with van der Waals surface area (Å²) in [4.78, 5) is 0. The van der Waals surface area contributed by atoms with Crippen molar-refractivity contribution in [1.29, 1.82) is 0 Å². The van der Waals surface area contributed by atoms with Gasteiger partial charge in [-0.25, -0.2) is 0 Å². The SMILES string of the molecule is CC(C)(C)c1cc(-c2cc3c4c(cc(-c5cc(C(C)(C)C)cc(C(C)(C)C)c5)cc4c2)-c2cc4c(cc2-3)-c2cc3c(cc2C4(C)C)-c2cc(-c4cc(C(C)(C)C)cc(C(C)(C)C)c4)cc4cc(-c5cc(C(C)(C)C)cc(C(C)(C)C)c5)cc-3c24)cc(C(C)(C)C)c1. The standard InChI is InChI=1S/C91H102/c1-83(2,3)61-31-55(32-62(43-61)84(4,5)6)51-27-59-29-53(57-35-65(87(13,14)15)45-66(36-57)88(16,17)18)41-77-71-49-79-73(47-69(71)75(39-51)81(59)77)74-48-70-72(50-80(74)91(79,25)26)78-42-54(58-37-67(89(19,20)21)46-68(38-58)90(22,23)24)30-60-28-52(40-76(70)82(60)78)56-33-63(85(7,8)9)44-64(34-56)86(10,11)12/h27-50H,1-26H3. The molecular weight excluding hydrogens is 1090 g/mol. The van der Waals surface area contributed by atoms with Crippen LogP contribution in [0.1, 0.15) is 236 Å². The first-order valence-corrected chi connectivity index (χ1v) is 34.1. The molecule has 10 aromatic carbocycles. The van der Waals surface area contributed by atoms with Crippen LogP contribution in [0.15, 0.2) is 146 Å². The third kappa shape index (κ3) is 10.7. The Morgan fingerprint density at radius 2 is 0.352 bits per heavy atom. The molecule has 0 spiro atoms. The largest absolute Gasteiger partial charge is 0.0561 e. The maximum Gasteiger partial charge on any atom is 0.0159 e. The molecule has 0 fully saturated rings. The minimum absolute atomic E-state index is 0.0116. The van der Waals surface area contributed by atoms with E-state index in [9.17, 15) is 0 Å². The Bertz CT molecular complexity index is 4300. The summed E-state index contributed by atoms with van der Waals surface area (Å²) in [7, 11) is 0. The molecule has 0 amide bonds. The van der Waals surface area contributed by atoms with E-state index in [1.807, 2.05) is 0 Å². The zero-order valence-corrected chi connectivity index (χ0v) is 60.4. The molecule has 0 bridgehead atoms. The third-order valence-corrected chi connectivity index (χ3v) is 21.2. The van der Waals surface area contributed by atoms with Crippen LogP contribution in [0.3, 0.4) is 0 Å². The van der Waals surface area contributed by atoms with E-state index in [0.717, 1.165) is 0 Å². The van der Waals surface area contributed by atoms with Gasteiger partial charge in [0, 0.05) is 5.41 Å². The molecule has 0 atom stereocenters. The van der Waals surface area contributed by atoms with Gasteiger partial charge in [-0.1, -0.05) is 253 Å². The Hall–Kier alpha value is -7.28. The molecule has 0 unspecified atom stereocenters. The van der Waals surface area contributed by atoms with Gasteiger partial charge in [0.2, 0.25) is 0 Å². The minimum atomic E-state index is -0.277. The molecule has 3 aliphatic rings. The molecule has 3 aliphatic carbocycles. The lowest BCUT2D eigenvalue weighted by atomic mass is 9.78. The molecule has 0 N–H and O–H groups in total.